The van der Waals surface area contributed by atoms with Crippen molar-refractivity contribution in [1.82, 2.24) is 0 Å². The van der Waals surface area contributed by atoms with Crippen LogP contribution in [0.15, 0.2) is 41.3 Å². The van der Waals surface area contributed by atoms with Gasteiger partial charge in [0.15, 0.2) is 0 Å². The van der Waals surface area contributed by atoms with E-state index in [0.717, 1.165) is 22.6 Å². The first kappa shape index (κ1) is 14.3. The standard InChI is InChI=1S/C16H16N2OS/c1-11-14(18)4-3-5-16(11)20-10-12-6-7-13(9-17)15(8-12)19-2/h3-8H,10,18H2,1-2H3. The largest absolute Gasteiger partial charge is 0.495 e. The molecule has 2 aromatic carbocycles. The highest BCUT2D eigenvalue weighted by atomic mass is 32.2. The van der Waals surface area contributed by atoms with Crippen molar-refractivity contribution in [2.24, 2.45) is 0 Å². The summed E-state index contributed by atoms with van der Waals surface area (Å²) < 4.78 is 5.22. The van der Waals surface area contributed by atoms with Crippen molar-refractivity contribution in [3.63, 3.8) is 0 Å². The summed E-state index contributed by atoms with van der Waals surface area (Å²) in [5.74, 6) is 1.43. The molecule has 2 N–H and O–H groups in total. The number of thioether (sulfide) groups is 1. The summed E-state index contributed by atoms with van der Waals surface area (Å²) in [7, 11) is 1.58. The minimum absolute atomic E-state index is 0.557. The highest BCUT2D eigenvalue weighted by Gasteiger charge is 2.06. The van der Waals surface area contributed by atoms with Crippen molar-refractivity contribution < 1.29 is 4.74 Å². The molecule has 0 saturated heterocycles. The Labute approximate surface area is 123 Å². The number of benzene rings is 2. The molecule has 0 spiro atoms. The van der Waals surface area contributed by atoms with Crippen LogP contribution < -0.4 is 10.5 Å². The van der Waals surface area contributed by atoms with Crippen LogP contribution in [0.5, 0.6) is 5.75 Å². The van der Waals surface area contributed by atoms with Gasteiger partial charge >= 0.3 is 0 Å². The minimum atomic E-state index is 0.557. The van der Waals surface area contributed by atoms with E-state index >= 15 is 0 Å². The van der Waals surface area contributed by atoms with Crippen LogP contribution in [0.1, 0.15) is 16.7 Å². The topological polar surface area (TPSA) is 59.0 Å². The van der Waals surface area contributed by atoms with Crippen LogP contribution in [0.25, 0.3) is 0 Å². The van der Waals surface area contributed by atoms with Crippen LogP contribution in [0.2, 0.25) is 0 Å². The molecule has 0 unspecified atom stereocenters. The van der Waals surface area contributed by atoms with Crippen molar-refractivity contribution in [2.75, 3.05) is 12.8 Å². The van der Waals surface area contributed by atoms with Gasteiger partial charge in [-0.15, -0.1) is 11.8 Å². The summed E-state index contributed by atoms with van der Waals surface area (Å²) >= 11 is 1.73. The first-order valence-corrected chi connectivity index (χ1v) is 7.19. The van der Waals surface area contributed by atoms with Crippen LogP contribution in [-0.2, 0) is 5.75 Å². The van der Waals surface area contributed by atoms with Gasteiger partial charge in [0.25, 0.3) is 0 Å². The molecular formula is C16H16N2OS. The van der Waals surface area contributed by atoms with E-state index in [2.05, 4.69) is 12.1 Å². The molecule has 2 rings (SSSR count). The molecule has 0 atom stereocenters. The zero-order valence-corrected chi connectivity index (χ0v) is 12.3. The number of hydrogen-bond donors (Lipinski definition) is 1. The van der Waals surface area contributed by atoms with E-state index in [1.54, 1.807) is 24.9 Å². The molecule has 102 valence electrons. The Kier molecular flexibility index (Phi) is 4.54. The SMILES string of the molecule is COc1cc(CSc2cccc(N)c2C)ccc1C#N. The average molecular weight is 284 g/mol. The van der Waals surface area contributed by atoms with Gasteiger partial charge in [-0.05, 0) is 42.3 Å². The molecule has 0 aliphatic heterocycles. The fraction of sp³-hybridized carbons (Fsp3) is 0.188. The first-order chi connectivity index (χ1) is 9.65. The molecular weight excluding hydrogens is 268 g/mol. The summed E-state index contributed by atoms with van der Waals surface area (Å²) in [6.45, 7) is 2.02. The molecule has 0 heterocycles. The van der Waals surface area contributed by atoms with Gasteiger partial charge in [0.05, 0.1) is 12.7 Å². The normalized spacial score (nSPS) is 10.1. The van der Waals surface area contributed by atoms with Crippen molar-refractivity contribution in [3.05, 3.63) is 53.1 Å². The summed E-state index contributed by atoms with van der Waals surface area (Å²) in [5.41, 5.74) is 9.50. The number of hydrogen-bond acceptors (Lipinski definition) is 4. The number of methoxy groups -OCH3 is 1. The van der Waals surface area contributed by atoms with E-state index in [4.69, 9.17) is 15.7 Å². The molecule has 0 aliphatic carbocycles. The fourth-order valence-corrected chi connectivity index (χ4v) is 2.88. The number of nitrogens with zero attached hydrogens (tertiary/aromatic N) is 1. The number of nitriles is 1. The van der Waals surface area contributed by atoms with Gasteiger partial charge in [0.2, 0.25) is 0 Å². The molecule has 3 nitrogen and oxygen atoms in total. The lowest BCUT2D eigenvalue weighted by molar-refractivity contribution is 0.413. The third-order valence-corrected chi connectivity index (χ3v) is 4.34. The maximum Gasteiger partial charge on any atom is 0.136 e. The molecule has 0 aromatic heterocycles. The molecule has 0 aliphatic rings. The Morgan fingerprint density at radius 1 is 1.30 bits per heavy atom. The number of ether oxygens (including phenoxy) is 1. The predicted octanol–water partition coefficient (Wildman–Crippen LogP) is 3.75. The Morgan fingerprint density at radius 3 is 2.80 bits per heavy atom. The highest BCUT2D eigenvalue weighted by Crippen LogP contribution is 2.30. The van der Waals surface area contributed by atoms with Gasteiger partial charge in [0.1, 0.15) is 11.8 Å². The van der Waals surface area contributed by atoms with Crippen LogP contribution in [0, 0.1) is 18.3 Å². The minimum Gasteiger partial charge on any atom is -0.495 e. The lowest BCUT2D eigenvalue weighted by Crippen LogP contribution is -1.92. The lowest BCUT2D eigenvalue weighted by Gasteiger charge is -2.09. The van der Waals surface area contributed by atoms with E-state index in [-0.39, 0.29) is 0 Å². The molecule has 0 fully saturated rings. The van der Waals surface area contributed by atoms with Crippen LogP contribution >= 0.6 is 11.8 Å². The van der Waals surface area contributed by atoms with Crippen LogP contribution in [-0.4, -0.2) is 7.11 Å². The fourth-order valence-electron chi connectivity index (χ4n) is 1.87. The third-order valence-electron chi connectivity index (χ3n) is 3.11. The van der Waals surface area contributed by atoms with Crippen molar-refractivity contribution in [1.29, 1.82) is 5.26 Å². The van der Waals surface area contributed by atoms with Gasteiger partial charge in [-0.1, -0.05) is 12.1 Å². The van der Waals surface area contributed by atoms with Crippen LogP contribution in [0.4, 0.5) is 5.69 Å². The number of nitrogens with two attached hydrogens (primary N) is 1. The highest BCUT2D eigenvalue weighted by molar-refractivity contribution is 7.98. The van der Waals surface area contributed by atoms with E-state index in [0.29, 0.717) is 11.3 Å². The Hall–Kier alpha value is -2.12. The second-order valence-corrected chi connectivity index (χ2v) is 5.42. The molecule has 2 aromatic rings. The second-order valence-electron chi connectivity index (χ2n) is 4.41. The average Bonchev–Trinajstić information content (AvgIpc) is 2.48. The number of nitrogen functional groups attached to an aromatic ring is 1. The lowest BCUT2D eigenvalue weighted by atomic mass is 10.1. The van der Waals surface area contributed by atoms with Gasteiger partial charge in [-0.2, -0.15) is 5.26 Å². The third kappa shape index (κ3) is 3.06. The Balaban J connectivity index is 2.15. The summed E-state index contributed by atoms with van der Waals surface area (Å²) in [5, 5.41) is 8.97. The molecule has 20 heavy (non-hydrogen) atoms. The molecule has 0 saturated carbocycles. The van der Waals surface area contributed by atoms with Gasteiger partial charge in [-0.3, -0.25) is 0 Å². The van der Waals surface area contributed by atoms with E-state index in [1.165, 1.54) is 4.90 Å². The van der Waals surface area contributed by atoms with Crippen molar-refractivity contribution in [2.45, 2.75) is 17.6 Å². The van der Waals surface area contributed by atoms with Crippen molar-refractivity contribution >= 4 is 17.4 Å². The molecule has 0 bridgehead atoms. The van der Waals surface area contributed by atoms with Gasteiger partial charge in [-0.25, -0.2) is 0 Å². The van der Waals surface area contributed by atoms with Gasteiger partial charge < -0.3 is 10.5 Å². The smallest absolute Gasteiger partial charge is 0.136 e. The van der Waals surface area contributed by atoms with Gasteiger partial charge in [0, 0.05) is 16.3 Å². The molecule has 0 amide bonds. The monoisotopic (exact) mass is 284 g/mol. The second kappa shape index (κ2) is 6.36. The van der Waals surface area contributed by atoms with E-state index in [1.807, 2.05) is 31.2 Å². The number of anilines is 1. The number of rotatable bonds is 4. The van der Waals surface area contributed by atoms with E-state index < -0.39 is 0 Å². The zero-order valence-electron chi connectivity index (χ0n) is 11.5. The molecule has 0 radical (unpaired) electrons. The first-order valence-electron chi connectivity index (χ1n) is 6.20. The summed E-state index contributed by atoms with van der Waals surface area (Å²) in [6, 6.07) is 13.7. The zero-order chi connectivity index (χ0) is 14.5. The quantitative estimate of drug-likeness (QED) is 0.686. The maximum absolute atomic E-state index is 8.97. The van der Waals surface area contributed by atoms with E-state index in [9.17, 15) is 0 Å². The summed E-state index contributed by atoms with van der Waals surface area (Å²) in [6.07, 6.45) is 0. The Morgan fingerprint density at radius 2 is 2.10 bits per heavy atom. The maximum atomic E-state index is 8.97. The summed E-state index contributed by atoms with van der Waals surface area (Å²) in [4.78, 5) is 1.17. The Bertz CT molecular complexity index is 662. The van der Waals surface area contributed by atoms with Crippen LogP contribution in [0.3, 0.4) is 0 Å². The van der Waals surface area contributed by atoms with Crippen molar-refractivity contribution in [3.8, 4) is 11.8 Å². The predicted molar refractivity (Wildman–Crippen MR) is 82.9 cm³/mol. The molecule has 4 heteroatoms.